The molecule has 0 aliphatic rings. The highest BCUT2D eigenvalue weighted by molar-refractivity contribution is 5.60. The van der Waals surface area contributed by atoms with E-state index in [2.05, 4.69) is 9.97 Å². The summed E-state index contributed by atoms with van der Waals surface area (Å²) < 4.78 is 37.1. The predicted octanol–water partition coefficient (Wildman–Crippen LogP) is 3.03. The number of nitriles is 1. The normalized spacial score (nSPS) is 11.0. The molecule has 0 N–H and O–H groups in total. The van der Waals surface area contributed by atoms with Gasteiger partial charge in [0.2, 0.25) is 0 Å². The van der Waals surface area contributed by atoms with Crippen LogP contribution in [0.2, 0.25) is 0 Å². The van der Waals surface area contributed by atoms with Gasteiger partial charge in [0.25, 0.3) is 0 Å². The maximum absolute atomic E-state index is 12.4. The third-order valence-electron chi connectivity index (χ3n) is 2.29. The molecule has 0 atom stereocenters. The van der Waals surface area contributed by atoms with E-state index in [0.29, 0.717) is 11.3 Å². The Hall–Kier alpha value is -2.42. The minimum absolute atomic E-state index is 0.167. The van der Waals surface area contributed by atoms with Crippen LogP contribution in [-0.2, 0) is 6.18 Å². The van der Waals surface area contributed by atoms with Gasteiger partial charge in [-0.2, -0.15) is 18.4 Å². The van der Waals surface area contributed by atoms with E-state index in [-0.39, 0.29) is 5.69 Å². The monoisotopic (exact) mass is 249 g/mol. The smallest absolute Gasteiger partial charge is 0.236 e. The highest BCUT2D eigenvalue weighted by Gasteiger charge is 2.29. The van der Waals surface area contributed by atoms with E-state index in [1.165, 1.54) is 24.5 Å². The van der Waals surface area contributed by atoms with Crippen LogP contribution >= 0.6 is 0 Å². The van der Waals surface area contributed by atoms with Crippen molar-refractivity contribution in [3.63, 3.8) is 0 Å². The third-order valence-corrected chi connectivity index (χ3v) is 2.29. The number of hydrogen-bond donors (Lipinski definition) is 0. The van der Waals surface area contributed by atoms with Crippen molar-refractivity contribution in [2.75, 3.05) is 0 Å². The summed E-state index contributed by atoms with van der Waals surface area (Å²) in [6, 6.07) is 7.84. The van der Waals surface area contributed by atoms with Crippen LogP contribution in [0.3, 0.4) is 0 Å². The van der Waals surface area contributed by atoms with E-state index >= 15 is 0 Å². The minimum Gasteiger partial charge on any atom is -0.236 e. The maximum atomic E-state index is 12.4. The van der Waals surface area contributed by atoms with Crippen molar-refractivity contribution in [1.82, 2.24) is 9.97 Å². The third kappa shape index (κ3) is 2.46. The van der Waals surface area contributed by atoms with Crippen molar-refractivity contribution in [3.8, 4) is 17.3 Å². The molecule has 1 aromatic carbocycles. The number of hydrogen-bond acceptors (Lipinski definition) is 3. The molecule has 0 radical (unpaired) electrons. The number of rotatable bonds is 1. The summed E-state index contributed by atoms with van der Waals surface area (Å²) in [5.41, 5.74) is 0.359. The number of aromatic nitrogens is 2. The fourth-order valence-electron chi connectivity index (χ4n) is 1.41. The van der Waals surface area contributed by atoms with Gasteiger partial charge < -0.3 is 0 Å². The second kappa shape index (κ2) is 4.45. The molecule has 2 rings (SSSR count). The van der Waals surface area contributed by atoms with E-state index in [1.54, 1.807) is 0 Å². The van der Waals surface area contributed by atoms with Gasteiger partial charge in [0.1, 0.15) is 18.1 Å². The summed E-state index contributed by atoms with van der Waals surface area (Å²) in [5, 5.41) is 8.67. The zero-order valence-corrected chi connectivity index (χ0v) is 8.94. The van der Waals surface area contributed by atoms with Crippen molar-refractivity contribution < 1.29 is 13.2 Å². The molecule has 6 heteroatoms. The van der Waals surface area contributed by atoms with Gasteiger partial charge in [0.15, 0.2) is 0 Å². The van der Waals surface area contributed by atoms with Gasteiger partial charge >= 0.3 is 6.18 Å². The Morgan fingerprint density at radius 3 is 2.28 bits per heavy atom. The summed E-state index contributed by atoms with van der Waals surface area (Å²) >= 11 is 0. The van der Waals surface area contributed by atoms with Crippen molar-refractivity contribution in [1.29, 1.82) is 5.26 Å². The molecule has 3 nitrogen and oxygen atoms in total. The van der Waals surface area contributed by atoms with Crippen LogP contribution in [0.25, 0.3) is 11.3 Å². The van der Waals surface area contributed by atoms with Crippen molar-refractivity contribution in [2.24, 2.45) is 0 Å². The molecule has 1 aromatic heterocycles. The number of halogens is 3. The first-order valence-electron chi connectivity index (χ1n) is 4.90. The zero-order valence-electron chi connectivity index (χ0n) is 8.94. The first-order valence-corrected chi connectivity index (χ1v) is 4.90. The van der Waals surface area contributed by atoms with Gasteiger partial charge in [0, 0.05) is 11.6 Å². The maximum Gasteiger partial charge on any atom is 0.416 e. The average Bonchev–Trinajstić information content (AvgIpc) is 2.38. The van der Waals surface area contributed by atoms with Crippen molar-refractivity contribution in [3.05, 3.63) is 47.9 Å². The minimum atomic E-state index is -4.36. The largest absolute Gasteiger partial charge is 0.416 e. The first kappa shape index (κ1) is 12.0. The first-order chi connectivity index (χ1) is 8.50. The number of benzene rings is 1. The van der Waals surface area contributed by atoms with Gasteiger partial charge in [-0.05, 0) is 12.1 Å². The highest BCUT2D eigenvalue weighted by atomic mass is 19.4. The second-order valence-corrected chi connectivity index (χ2v) is 3.48. The van der Waals surface area contributed by atoms with Gasteiger partial charge in [-0.1, -0.05) is 12.1 Å². The molecule has 18 heavy (non-hydrogen) atoms. The summed E-state index contributed by atoms with van der Waals surface area (Å²) in [6.45, 7) is 0. The summed E-state index contributed by atoms with van der Waals surface area (Å²) in [7, 11) is 0. The molecule has 0 aliphatic heterocycles. The number of alkyl halides is 3. The van der Waals surface area contributed by atoms with Crippen molar-refractivity contribution in [2.45, 2.75) is 6.18 Å². The topological polar surface area (TPSA) is 49.6 Å². The fraction of sp³-hybridized carbons (Fsp3) is 0.0833. The Labute approximate surface area is 101 Å². The molecular formula is C12H6F3N3. The number of nitrogens with zero attached hydrogens (tertiary/aromatic N) is 3. The van der Waals surface area contributed by atoms with Crippen LogP contribution in [0.5, 0.6) is 0 Å². The van der Waals surface area contributed by atoms with Crippen molar-refractivity contribution >= 4 is 0 Å². The highest BCUT2D eigenvalue weighted by Crippen LogP contribution is 2.30. The van der Waals surface area contributed by atoms with E-state index < -0.39 is 11.7 Å². The lowest BCUT2D eigenvalue weighted by Gasteiger charge is -2.07. The van der Waals surface area contributed by atoms with E-state index in [9.17, 15) is 13.2 Å². The molecule has 0 fully saturated rings. The lowest BCUT2D eigenvalue weighted by atomic mass is 10.1. The Balaban J connectivity index is 2.38. The summed E-state index contributed by atoms with van der Waals surface area (Å²) in [6.07, 6.45) is -3.16. The molecule has 0 bridgehead atoms. The molecular weight excluding hydrogens is 243 g/mol. The quantitative estimate of drug-likeness (QED) is 0.780. The molecule has 1 heterocycles. The Kier molecular flexibility index (Phi) is 2.98. The van der Waals surface area contributed by atoms with Gasteiger partial charge in [0.05, 0.1) is 11.3 Å². The molecule has 0 saturated carbocycles. The molecule has 0 spiro atoms. The van der Waals surface area contributed by atoms with Gasteiger partial charge in [-0.3, -0.25) is 0 Å². The predicted molar refractivity (Wildman–Crippen MR) is 57.2 cm³/mol. The lowest BCUT2D eigenvalue weighted by Crippen LogP contribution is -2.04. The lowest BCUT2D eigenvalue weighted by molar-refractivity contribution is -0.137. The van der Waals surface area contributed by atoms with E-state index in [4.69, 9.17) is 5.26 Å². The SMILES string of the molecule is N#Cc1cc(-c2ccc(C(F)(F)F)cc2)ncn1. The molecule has 0 saturated heterocycles. The molecule has 0 aliphatic carbocycles. The van der Waals surface area contributed by atoms with Crippen LogP contribution < -0.4 is 0 Å². The van der Waals surface area contributed by atoms with Crippen LogP contribution in [0.1, 0.15) is 11.3 Å². The zero-order chi connectivity index (χ0) is 13.2. The standard InChI is InChI=1S/C12H6F3N3/c13-12(14,15)9-3-1-8(2-4-9)11-5-10(6-16)17-7-18-11/h1-5,7H. The fourth-order valence-corrected chi connectivity index (χ4v) is 1.41. The van der Waals surface area contributed by atoms with Gasteiger partial charge in [-0.15, -0.1) is 0 Å². The molecule has 0 amide bonds. The van der Waals surface area contributed by atoms with E-state index in [1.807, 2.05) is 6.07 Å². The van der Waals surface area contributed by atoms with Crippen LogP contribution in [0, 0.1) is 11.3 Å². The van der Waals surface area contributed by atoms with E-state index in [0.717, 1.165) is 12.1 Å². The van der Waals surface area contributed by atoms with Crippen LogP contribution in [0.15, 0.2) is 36.7 Å². The molecule has 90 valence electrons. The average molecular weight is 249 g/mol. The Bertz CT molecular complexity index is 597. The summed E-state index contributed by atoms with van der Waals surface area (Å²) in [4.78, 5) is 7.59. The Morgan fingerprint density at radius 2 is 1.72 bits per heavy atom. The Morgan fingerprint density at radius 1 is 1.06 bits per heavy atom. The van der Waals surface area contributed by atoms with Crippen LogP contribution in [0.4, 0.5) is 13.2 Å². The molecule has 2 aromatic rings. The van der Waals surface area contributed by atoms with Gasteiger partial charge in [-0.25, -0.2) is 9.97 Å². The molecule has 0 unspecified atom stereocenters. The second-order valence-electron chi connectivity index (χ2n) is 3.48. The summed E-state index contributed by atoms with van der Waals surface area (Å²) in [5.74, 6) is 0. The van der Waals surface area contributed by atoms with Crippen LogP contribution in [-0.4, -0.2) is 9.97 Å².